The fourth-order valence-corrected chi connectivity index (χ4v) is 4.73. The molecule has 0 amide bonds. The van der Waals surface area contributed by atoms with Gasteiger partial charge in [0.05, 0.1) is 24.8 Å². The number of ether oxygens (including phenoxy) is 4. The van der Waals surface area contributed by atoms with Crippen molar-refractivity contribution in [3.63, 3.8) is 0 Å². The van der Waals surface area contributed by atoms with Gasteiger partial charge >= 0.3 is 59.1 Å². The number of fused-ring (bicyclic) bond motifs is 1. The van der Waals surface area contributed by atoms with Gasteiger partial charge in [-0.05, 0) is 37.1 Å². The Labute approximate surface area is 225 Å². The first-order valence-electron chi connectivity index (χ1n) is 8.18. The maximum absolute atomic E-state index is 11.2. The minimum atomic E-state index is -4.87. The second-order valence-corrected chi connectivity index (χ2v) is 9.26. The van der Waals surface area contributed by atoms with Gasteiger partial charge in [0.1, 0.15) is 11.4 Å². The Morgan fingerprint density at radius 3 is 2.48 bits per heavy atom. The number of aromatic nitrogens is 3. The number of nitrogens with one attached hydrogen (secondary N) is 1. The fourth-order valence-electron chi connectivity index (χ4n) is 2.92. The maximum Gasteiger partial charge on any atom is 1.00 e. The predicted molar refractivity (Wildman–Crippen MR) is 99.9 cm³/mol. The number of nitrogens with zero attached hydrogens (tertiary/aromatic N) is 2. The van der Waals surface area contributed by atoms with E-state index in [4.69, 9.17) is 18.9 Å². The van der Waals surface area contributed by atoms with Crippen LogP contribution in [-0.2, 0) is 4.57 Å². The maximum atomic E-state index is 11.2. The van der Waals surface area contributed by atoms with E-state index >= 15 is 0 Å². The number of benzene rings is 2. The first-order valence-corrected chi connectivity index (χ1v) is 11.1. The van der Waals surface area contributed by atoms with Crippen LogP contribution in [0.3, 0.4) is 0 Å². The molecule has 2 heterocycles. The van der Waals surface area contributed by atoms with E-state index in [1.807, 2.05) is 0 Å². The third-order valence-electron chi connectivity index (χ3n) is 4.14. The minimum Gasteiger partial charge on any atom is -0.803 e. The number of H-pyrrole nitrogens is 1. The molecular weight excluding hydrogens is 467 g/mol. The molecule has 0 bridgehead atoms. The van der Waals surface area contributed by atoms with E-state index in [1.54, 1.807) is 24.3 Å². The summed E-state index contributed by atoms with van der Waals surface area (Å²) in [5.74, 6) is 1.77. The zero-order valence-electron chi connectivity index (χ0n) is 17.2. The van der Waals surface area contributed by atoms with Gasteiger partial charge in [-0.2, -0.15) is 0 Å². The van der Waals surface area contributed by atoms with Crippen molar-refractivity contribution in [2.75, 3.05) is 21.0 Å². The molecule has 31 heavy (non-hydrogen) atoms. The van der Waals surface area contributed by atoms with Crippen LogP contribution in [0.4, 0.5) is 0 Å². The monoisotopic (exact) mass is 481 g/mol. The van der Waals surface area contributed by atoms with E-state index in [1.165, 1.54) is 20.3 Å². The molecule has 0 fully saturated rings. The Morgan fingerprint density at radius 2 is 1.81 bits per heavy atom. The van der Waals surface area contributed by atoms with Gasteiger partial charge in [-0.15, -0.1) is 5.10 Å². The van der Waals surface area contributed by atoms with E-state index in [0.29, 0.717) is 39.8 Å². The third-order valence-corrected chi connectivity index (χ3v) is 6.14. The van der Waals surface area contributed by atoms with Gasteiger partial charge in [0.15, 0.2) is 11.5 Å². The Hall–Kier alpha value is -0.720. The number of hydrogen-bond donors (Lipinski definition) is 1. The molecule has 10 nitrogen and oxygen atoms in total. The summed E-state index contributed by atoms with van der Waals surface area (Å²) in [4.78, 5) is 22.7. The molecule has 0 unspecified atom stereocenters. The SMILES string of the molecule is COc1ccc(-c2[nH]nnc2-c2cc(OC)c3c(c2)OCO3)cc1SP(=O)([O-])[O-].[Na+].[Na+]. The van der Waals surface area contributed by atoms with Crippen LogP contribution >= 0.6 is 18.2 Å². The molecule has 0 atom stereocenters. The van der Waals surface area contributed by atoms with Crippen molar-refractivity contribution in [3.8, 4) is 45.5 Å². The fraction of sp³-hybridized carbons (Fsp3) is 0.176. The molecule has 1 N–H and O–H groups in total. The normalized spacial score (nSPS) is 12.0. The van der Waals surface area contributed by atoms with Crippen LogP contribution in [0.2, 0.25) is 0 Å². The molecule has 0 spiro atoms. The molecule has 4 rings (SSSR count). The Balaban J connectivity index is 0.00000171. The summed E-state index contributed by atoms with van der Waals surface area (Å²) in [6.07, 6.45) is 0. The van der Waals surface area contributed by atoms with Crippen LogP contribution in [0.5, 0.6) is 23.0 Å². The predicted octanol–water partition coefficient (Wildman–Crippen LogP) is -4.19. The van der Waals surface area contributed by atoms with Crippen molar-refractivity contribution in [3.05, 3.63) is 30.3 Å². The van der Waals surface area contributed by atoms with Crippen molar-refractivity contribution >= 4 is 18.2 Å². The van der Waals surface area contributed by atoms with Crippen molar-refractivity contribution in [1.29, 1.82) is 0 Å². The van der Waals surface area contributed by atoms with E-state index in [2.05, 4.69) is 15.4 Å². The molecule has 1 aromatic heterocycles. The molecule has 1 aliphatic heterocycles. The van der Waals surface area contributed by atoms with Crippen LogP contribution in [0, 0.1) is 0 Å². The Bertz CT molecular complexity index is 1130. The van der Waals surface area contributed by atoms with E-state index in [-0.39, 0.29) is 87.9 Å². The summed E-state index contributed by atoms with van der Waals surface area (Å²) in [6, 6.07) is 8.27. The average molecular weight is 481 g/mol. The van der Waals surface area contributed by atoms with E-state index < -0.39 is 6.80 Å². The van der Waals surface area contributed by atoms with Crippen LogP contribution in [0.1, 0.15) is 0 Å². The van der Waals surface area contributed by atoms with Gasteiger partial charge in [0.2, 0.25) is 12.5 Å². The molecule has 0 aliphatic carbocycles. The summed E-state index contributed by atoms with van der Waals surface area (Å²) < 4.78 is 32.6. The van der Waals surface area contributed by atoms with Gasteiger partial charge in [0, 0.05) is 11.1 Å². The molecule has 2 aromatic carbocycles. The largest absolute Gasteiger partial charge is 1.00 e. The van der Waals surface area contributed by atoms with Crippen molar-refractivity contribution < 1.29 is 92.4 Å². The molecule has 1 aliphatic rings. The van der Waals surface area contributed by atoms with Crippen LogP contribution in [-0.4, -0.2) is 36.4 Å². The quantitative estimate of drug-likeness (QED) is 0.272. The Morgan fingerprint density at radius 1 is 1.06 bits per heavy atom. The average Bonchev–Trinajstić information content (AvgIpc) is 3.35. The topological polar surface area (TPSA) is 142 Å². The molecule has 0 saturated heterocycles. The van der Waals surface area contributed by atoms with Gasteiger partial charge < -0.3 is 33.3 Å². The van der Waals surface area contributed by atoms with Crippen molar-refractivity contribution in [1.82, 2.24) is 15.4 Å². The summed E-state index contributed by atoms with van der Waals surface area (Å²) in [7, 11) is 2.91. The van der Waals surface area contributed by atoms with Gasteiger partial charge in [-0.1, -0.05) is 16.6 Å². The second-order valence-electron chi connectivity index (χ2n) is 5.85. The third kappa shape index (κ3) is 5.80. The molecule has 0 radical (unpaired) electrons. The Kier molecular flexibility index (Phi) is 9.36. The summed E-state index contributed by atoms with van der Waals surface area (Å²) in [5.41, 5.74) is 2.22. The van der Waals surface area contributed by atoms with Gasteiger partial charge in [-0.3, -0.25) is 5.10 Å². The van der Waals surface area contributed by atoms with Crippen LogP contribution in [0.25, 0.3) is 22.5 Å². The van der Waals surface area contributed by atoms with Gasteiger partial charge in [-0.25, -0.2) is 0 Å². The molecule has 152 valence electrons. The smallest absolute Gasteiger partial charge is 0.803 e. The summed E-state index contributed by atoms with van der Waals surface area (Å²) in [5, 5.41) is 10.8. The standard InChI is InChI=1S/C17H16N3O7PS.2Na/c1-24-11-4-3-9(7-14(11)29-28(21,22)23)15-16(19-20-18-15)10-5-12(25-2)17-13(6-10)26-8-27-17;;/h3-7H,8H2,1-2H3,(H,18,19,20)(H2,21,22,23);;/q;2*+1/p-2. The van der Waals surface area contributed by atoms with Crippen molar-refractivity contribution in [2.24, 2.45) is 0 Å². The van der Waals surface area contributed by atoms with E-state index in [0.717, 1.165) is 0 Å². The summed E-state index contributed by atoms with van der Waals surface area (Å²) >= 11 is 0.196. The molecule has 14 heteroatoms. The number of methoxy groups -OCH3 is 2. The zero-order chi connectivity index (χ0) is 20.6. The van der Waals surface area contributed by atoms with E-state index in [9.17, 15) is 14.4 Å². The van der Waals surface area contributed by atoms with Gasteiger partial charge in [0.25, 0.3) is 0 Å². The number of aromatic amines is 1. The first kappa shape index (κ1) is 26.5. The summed E-state index contributed by atoms with van der Waals surface area (Å²) in [6.45, 7) is -4.78. The van der Waals surface area contributed by atoms with Crippen LogP contribution in [0.15, 0.2) is 35.2 Å². The number of rotatable bonds is 6. The molecule has 3 aromatic rings. The second kappa shape index (κ2) is 10.9. The van der Waals surface area contributed by atoms with Crippen molar-refractivity contribution in [2.45, 2.75) is 4.90 Å². The minimum absolute atomic E-state index is 0. The zero-order valence-corrected chi connectivity index (χ0v) is 22.9. The first-order chi connectivity index (χ1) is 13.9. The van der Waals surface area contributed by atoms with Crippen LogP contribution < -0.4 is 87.8 Å². The molecular formula is C17H14N3Na2O7PS. The molecule has 0 saturated carbocycles. The number of hydrogen-bond acceptors (Lipinski definition) is 10.